The molecule has 0 fully saturated rings. The Morgan fingerprint density at radius 1 is 1.08 bits per heavy atom. The number of ether oxygens (including phenoxy) is 1. The van der Waals surface area contributed by atoms with E-state index < -0.39 is 5.97 Å². The van der Waals surface area contributed by atoms with Crippen LogP contribution in [0.4, 0.5) is 0 Å². The van der Waals surface area contributed by atoms with Crippen LogP contribution in [-0.4, -0.2) is 25.8 Å². The molecule has 0 aliphatic carbocycles. The van der Waals surface area contributed by atoms with E-state index in [0.29, 0.717) is 35.4 Å². The summed E-state index contributed by atoms with van der Waals surface area (Å²) in [6.45, 7) is 7.75. The third-order valence-corrected chi connectivity index (χ3v) is 6.67. The van der Waals surface area contributed by atoms with Crippen LogP contribution in [0.2, 0.25) is 10.0 Å². The average Bonchev–Trinajstić information content (AvgIpc) is 3.28. The molecular formula is C28H28Cl2N4O3. The summed E-state index contributed by atoms with van der Waals surface area (Å²) >= 11 is 12.9. The molecule has 7 nitrogen and oxygen atoms in total. The standard InChI is InChI=1S/C28H28Cl2N4O3/c1-17(2)23-15-33-34(27-24(29)5-4-6-25(27)30)26(23)16-37-22-10-8-19(18(3)11-22)12-31-14-21-9-7-20(13-32-21)28(35)36/h4-11,13,15,17,31H,12,14,16H2,1-3H3,(H,35,36). The van der Waals surface area contributed by atoms with E-state index in [9.17, 15) is 4.79 Å². The Kier molecular flexibility index (Phi) is 8.48. The number of halogens is 2. The van der Waals surface area contributed by atoms with Gasteiger partial charge in [0.05, 0.1) is 33.2 Å². The van der Waals surface area contributed by atoms with Gasteiger partial charge in [-0.2, -0.15) is 5.10 Å². The molecule has 4 aromatic rings. The van der Waals surface area contributed by atoms with Crippen molar-refractivity contribution in [3.05, 3.63) is 105 Å². The number of para-hydroxylation sites is 1. The highest BCUT2D eigenvalue weighted by Gasteiger charge is 2.19. The number of rotatable bonds is 10. The van der Waals surface area contributed by atoms with Crippen molar-refractivity contribution >= 4 is 29.2 Å². The van der Waals surface area contributed by atoms with E-state index in [0.717, 1.165) is 33.8 Å². The lowest BCUT2D eigenvalue weighted by atomic mass is 10.0. The number of carboxylic acid groups (broad SMARTS) is 1. The zero-order chi connectivity index (χ0) is 26.5. The van der Waals surface area contributed by atoms with Crippen LogP contribution in [0.3, 0.4) is 0 Å². The van der Waals surface area contributed by atoms with E-state index in [2.05, 4.69) is 29.2 Å². The molecule has 2 aromatic heterocycles. The van der Waals surface area contributed by atoms with Crippen LogP contribution in [0.25, 0.3) is 5.69 Å². The monoisotopic (exact) mass is 538 g/mol. The highest BCUT2D eigenvalue weighted by Crippen LogP contribution is 2.32. The molecule has 192 valence electrons. The molecule has 37 heavy (non-hydrogen) atoms. The van der Waals surface area contributed by atoms with Gasteiger partial charge in [-0.25, -0.2) is 9.48 Å². The molecule has 0 aliphatic rings. The third kappa shape index (κ3) is 6.31. The second-order valence-electron chi connectivity index (χ2n) is 9.01. The van der Waals surface area contributed by atoms with Crippen LogP contribution in [0, 0.1) is 6.92 Å². The minimum Gasteiger partial charge on any atom is -0.487 e. The van der Waals surface area contributed by atoms with Crippen LogP contribution < -0.4 is 10.1 Å². The van der Waals surface area contributed by atoms with Crippen LogP contribution in [-0.2, 0) is 19.7 Å². The number of benzene rings is 2. The van der Waals surface area contributed by atoms with Gasteiger partial charge in [0.15, 0.2) is 0 Å². The second kappa shape index (κ2) is 11.8. The smallest absolute Gasteiger partial charge is 0.337 e. The van der Waals surface area contributed by atoms with Gasteiger partial charge in [0, 0.05) is 19.3 Å². The van der Waals surface area contributed by atoms with E-state index in [4.69, 9.17) is 33.0 Å². The van der Waals surface area contributed by atoms with Crippen LogP contribution >= 0.6 is 23.2 Å². The van der Waals surface area contributed by atoms with E-state index in [-0.39, 0.29) is 11.5 Å². The largest absolute Gasteiger partial charge is 0.487 e. The number of pyridine rings is 1. The fraction of sp³-hybridized carbons (Fsp3) is 0.250. The number of carboxylic acids is 1. The van der Waals surface area contributed by atoms with Crippen molar-refractivity contribution in [3.63, 3.8) is 0 Å². The molecule has 0 unspecified atom stereocenters. The molecule has 0 atom stereocenters. The summed E-state index contributed by atoms with van der Waals surface area (Å²) in [4.78, 5) is 15.2. The number of nitrogens with one attached hydrogen (secondary N) is 1. The summed E-state index contributed by atoms with van der Waals surface area (Å²) in [5.74, 6) is 0.0148. The maximum absolute atomic E-state index is 11.0. The predicted molar refractivity (Wildman–Crippen MR) is 145 cm³/mol. The summed E-state index contributed by atoms with van der Waals surface area (Å²) < 4.78 is 7.96. The molecular weight excluding hydrogens is 511 g/mol. The predicted octanol–water partition coefficient (Wildman–Crippen LogP) is 6.57. The summed E-state index contributed by atoms with van der Waals surface area (Å²) in [6.07, 6.45) is 3.21. The molecule has 0 saturated carbocycles. The molecule has 0 spiro atoms. The van der Waals surface area contributed by atoms with Gasteiger partial charge in [0.25, 0.3) is 0 Å². The number of nitrogens with zero attached hydrogens (tertiary/aromatic N) is 3. The Hall–Kier alpha value is -3.39. The number of hydrogen-bond acceptors (Lipinski definition) is 5. The number of aromatic carboxylic acids is 1. The van der Waals surface area contributed by atoms with Crippen molar-refractivity contribution in [2.24, 2.45) is 0 Å². The van der Waals surface area contributed by atoms with Crippen molar-refractivity contribution in [2.45, 2.75) is 46.4 Å². The topological polar surface area (TPSA) is 89.3 Å². The van der Waals surface area contributed by atoms with E-state index in [1.165, 1.54) is 6.20 Å². The van der Waals surface area contributed by atoms with E-state index >= 15 is 0 Å². The molecule has 4 rings (SSSR count). The first-order chi connectivity index (χ1) is 17.7. The van der Waals surface area contributed by atoms with Crippen molar-refractivity contribution in [1.29, 1.82) is 0 Å². The molecule has 9 heteroatoms. The third-order valence-electron chi connectivity index (χ3n) is 6.06. The summed E-state index contributed by atoms with van der Waals surface area (Å²) in [6, 6.07) is 14.7. The normalized spacial score (nSPS) is 11.2. The fourth-order valence-electron chi connectivity index (χ4n) is 3.99. The summed E-state index contributed by atoms with van der Waals surface area (Å²) in [7, 11) is 0. The van der Waals surface area contributed by atoms with Crippen LogP contribution in [0.1, 0.15) is 58.2 Å². The Morgan fingerprint density at radius 3 is 2.46 bits per heavy atom. The molecule has 0 bridgehead atoms. The quantitative estimate of drug-likeness (QED) is 0.237. The Labute approximate surface area is 226 Å². The van der Waals surface area contributed by atoms with Crippen molar-refractivity contribution in [3.8, 4) is 11.4 Å². The summed E-state index contributed by atoms with van der Waals surface area (Å²) in [5.41, 5.74) is 5.78. The molecule has 2 N–H and O–H groups in total. The Balaban J connectivity index is 1.43. The SMILES string of the molecule is Cc1cc(OCc2c(C(C)C)cnn2-c2c(Cl)cccc2Cl)ccc1CNCc1ccc(C(=O)O)cn1. The van der Waals surface area contributed by atoms with Gasteiger partial charge in [-0.1, -0.05) is 49.2 Å². The van der Waals surface area contributed by atoms with Crippen LogP contribution in [0.5, 0.6) is 5.75 Å². The molecule has 2 heterocycles. The number of hydrogen-bond donors (Lipinski definition) is 2. The highest BCUT2D eigenvalue weighted by molar-refractivity contribution is 6.37. The first-order valence-electron chi connectivity index (χ1n) is 11.9. The first-order valence-corrected chi connectivity index (χ1v) is 12.6. The molecule has 0 aliphatic heterocycles. The van der Waals surface area contributed by atoms with Gasteiger partial charge in [0.2, 0.25) is 0 Å². The van der Waals surface area contributed by atoms with Gasteiger partial charge in [-0.15, -0.1) is 0 Å². The van der Waals surface area contributed by atoms with Crippen molar-refractivity contribution in [2.75, 3.05) is 0 Å². The lowest BCUT2D eigenvalue weighted by molar-refractivity contribution is 0.0696. The number of aromatic nitrogens is 3. The van der Waals surface area contributed by atoms with Gasteiger partial charge in [0.1, 0.15) is 18.0 Å². The van der Waals surface area contributed by atoms with E-state index in [1.54, 1.807) is 28.9 Å². The summed E-state index contributed by atoms with van der Waals surface area (Å²) in [5, 5.41) is 18.0. The molecule has 2 aromatic carbocycles. The maximum atomic E-state index is 11.0. The van der Waals surface area contributed by atoms with E-state index in [1.807, 2.05) is 37.4 Å². The minimum atomic E-state index is -0.984. The minimum absolute atomic E-state index is 0.175. The number of carbonyl (C=O) groups is 1. The van der Waals surface area contributed by atoms with Crippen LogP contribution in [0.15, 0.2) is 60.9 Å². The van der Waals surface area contributed by atoms with Gasteiger partial charge in [-0.05, 0) is 65.9 Å². The zero-order valence-electron chi connectivity index (χ0n) is 20.8. The van der Waals surface area contributed by atoms with Gasteiger partial charge in [-0.3, -0.25) is 4.98 Å². The molecule has 0 saturated heterocycles. The zero-order valence-corrected chi connectivity index (χ0v) is 22.3. The Morgan fingerprint density at radius 2 is 1.84 bits per heavy atom. The molecule has 0 radical (unpaired) electrons. The fourth-order valence-corrected chi connectivity index (χ4v) is 4.54. The second-order valence-corrected chi connectivity index (χ2v) is 9.82. The van der Waals surface area contributed by atoms with Gasteiger partial charge >= 0.3 is 5.97 Å². The first kappa shape index (κ1) is 26.7. The van der Waals surface area contributed by atoms with Crippen molar-refractivity contribution in [1.82, 2.24) is 20.1 Å². The van der Waals surface area contributed by atoms with Crippen molar-refractivity contribution < 1.29 is 14.6 Å². The highest BCUT2D eigenvalue weighted by atomic mass is 35.5. The average molecular weight is 539 g/mol. The van der Waals surface area contributed by atoms with Gasteiger partial charge < -0.3 is 15.2 Å². The Bertz CT molecular complexity index is 1380. The lowest BCUT2D eigenvalue weighted by Gasteiger charge is -2.15. The maximum Gasteiger partial charge on any atom is 0.337 e. The number of aryl methyl sites for hydroxylation is 1. The molecule has 0 amide bonds. The lowest BCUT2D eigenvalue weighted by Crippen LogP contribution is -2.15.